The highest BCUT2D eigenvalue weighted by Crippen LogP contribution is 2.25. The number of hydrogen-bond acceptors (Lipinski definition) is 4. The van der Waals surface area contributed by atoms with E-state index in [9.17, 15) is 9.59 Å². The molecule has 14 heavy (non-hydrogen) atoms. The number of allylic oxidation sites excluding steroid dienone is 2. The summed E-state index contributed by atoms with van der Waals surface area (Å²) in [5, 5.41) is 0. The fourth-order valence-electron chi connectivity index (χ4n) is 1.63. The standard InChI is InChI=1S/C10H12O4/c11-7-3-1-4-8-10(7)13-6-2-5-9(12)14-8/h1-6H2. The van der Waals surface area contributed by atoms with Crippen molar-refractivity contribution in [1.82, 2.24) is 0 Å². The van der Waals surface area contributed by atoms with Crippen molar-refractivity contribution in [2.75, 3.05) is 6.61 Å². The molecule has 0 atom stereocenters. The van der Waals surface area contributed by atoms with Crippen LogP contribution in [0.25, 0.3) is 0 Å². The van der Waals surface area contributed by atoms with Crippen molar-refractivity contribution in [2.45, 2.75) is 32.1 Å². The molecule has 0 aromatic carbocycles. The molecule has 4 nitrogen and oxygen atoms in total. The molecule has 0 spiro atoms. The quantitative estimate of drug-likeness (QED) is 0.548. The van der Waals surface area contributed by atoms with E-state index in [1.165, 1.54) is 0 Å². The van der Waals surface area contributed by atoms with Gasteiger partial charge in [-0.15, -0.1) is 0 Å². The predicted molar refractivity (Wildman–Crippen MR) is 47.2 cm³/mol. The van der Waals surface area contributed by atoms with E-state index in [0.29, 0.717) is 38.0 Å². The Labute approximate surface area is 81.9 Å². The fraction of sp³-hybridized carbons (Fsp3) is 0.600. The minimum atomic E-state index is -0.254. The maximum Gasteiger partial charge on any atom is 0.311 e. The van der Waals surface area contributed by atoms with Crippen molar-refractivity contribution >= 4 is 11.8 Å². The van der Waals surface area contributed by atoms with Crippen LogP contribution in [0.15, 0.2) is 11.5 Å². The molecule has 0 unspecified atom stereocenters. The van der Waals surface area contributed by atoms with Crippen LogP contribution in [-0.4, -0.2) is 18.4 Å². The van der Waals surface area contributed by atoms with Crippen LogP contribution in [-0.2, 0) is 19.1 Å². The molecular weight excluding hydrogens is 184 g/mol. The molecule has 0 N–H and O–H groups in total. The third kappa shape index (κ3) is 1.78. The summed E-state index contributed by atoms with van der Waals surface area (Å²) in [4.78, 5) is 22.6. The van der Waals surface area contributed by atoms with E-state index in [0.717, 1.165) is 6.42 Å². The van der Waals surface area contributed by atoms with Crippen LogP contribution >= 0.6 is 0 Å². The summed E-state index contributed by atoms with van der Waals surface area (Å²) in [5.41, 5.74) is 0. The van der Waals surface area contributed by atoms with E-state index in [-0.39, 0.29) is 17.5 Å². The van der Waals surface area contributed by atoms with E-state index >= 15 is 0 Å². The molecule has 0 saturated heterocycles. The lowest BCUT2D eigenvalue weighted by molar-refractivity contribution is -0.142. The molecule has 4 heteroatoms. The molecule has 0 bridgehead atoms. The van der Waals surface area contributed by atoms with Gasteiger partial charge in [0.1, 0.15) is 0 Å². The van der Waals surface area contributed by atoms with E-state index in [2.05, 4.69) is 0 Å². The lowest BCUT2D eigenvalue weighted by Crippen LogP contribution is -2.21. The normalized spacial score (nSPS) is 23.1. The lowest BCUT2D eigenvalue weighted by atomic mass is 10.0. The van der Waals surface area contributed by atoms with E-state index < -0.39 is 0 Å². The Kier molecular flexibility index (Phi) is 2.52. The van der Waals surface area contributed by atoms with Gasteiger partial charge >= 0.3 is 5.97 Å². The molecule has 1 aliphatic carbocycles. The fourth-order valence-corrected chi connectivity index (χ4v) is 1.63. The highest BCUT2D eigenvalue weighted by Gasteiger charge is 2.26. The van der Waals surface area contributed by atoms with Crippen LogP contribution in [0, 0.1) is 0 Å². The number of carbonyl (C=O) groups is 2. The average Bonchev–Trinajstić information content (AvgIpc) is 2.12. The van der Waals surface area contributed by atoms with Crippen LogP contribution in [0.4, 0.5) is 0 Å². The van der Waals surface area contributed by atoms with Crippen LogP contribution in [0.3, 0.4) is 0 Å². The first-order valence-corrected chi connectivity index (χ1v) is 4.87. The second-order valence-corrected chi connectivity index (χ2v) is 3.46. The Morgan fingerprint density at radius 3 is 2.71 bits per heavy atom. The Balaban J connectivity index is 2.25. The molecule has 0 amide bonds. The number of hydrogen-bond donors (Lipinski definition) is 0. The zero-order chi connectivity index (χ0) is 9.97. The summed E-state index contributed by atoms with van der Waals surface area (Å²) in [6.07, 6.45) is 2.85. The van der Waals surface area contributed by atoms with Gasteiger partial charge in [0.05, 0.1) is 6.61 Å². The largest absolute Gasteiger partial charge is 0.487 e. The lowest BCUT2D eigenvalue weighted by Gasteiger charge is -2.21. The Hall–Kier alpha value is -1.32. The molecule has 0 radical (unpaired) electrons. The minimum absolute atomic E-state index is 0.0408. The van der Waals surface area contributed by atoms with Crippen molar-refractivity contribution in [2.24, 2.45) is 0 Å². The molecular formula is C10H12O4. The van der Waals surface area contributed by atoms with E-state index in [4.69, 9.17) is 9.47 Å². The summed E-state index contributed by atoms with van der Waals surface area (Å²) in [5.74, 6) is 0.423. The minimum Gasteiger partial charge on any atom is -0.487 e. The first-order chi connectivity index (χ1) is 6.77. The number of ketones is 1. The van der Waals surface area contributed by atoms with Crippen molar-refractivity contribution in [3.05, 3.63) is 11.5 Å². The van der Waals surface area contributed by atoms with E-state index in [1.807, 2.05) is 0 Å². The van der Waals surface area contributed by atoms with Crippen LogP contribution in [0.2, 0.25) is 0 Å². The predicted octanol–water partition coefficient (Wildman–Crippen LogP) is 1.30. The second-order valence-electron chi connectivity index (χ2n) is 3.46. The number of Topliss-reactive ketones (excluding diaryl/α,β-unsaturated/α-hetero) is 1. The van der Waals surface area contributed by atoms with Crippen LogP contribution in [0.5, 0.6) is 0 Å². The van der Waals surface area contributed by atoms with Gasteiger partial charge in [0, 0.05) is 19.3 Å². The van der Waals surface area contributed by atoms with Gasteiger partial charge in [-0.05, 0) is 12.8 Å². The molecule has 2 aliphatic rings. The van der Waals surface area contributed by atoms with Gasteiger partial charge in [0.15, 0.2) is 5.76 Å². The molecule has 0 aromatic heterocycles. The Bertz CT molecular complexity index is 303. The van der Waals surface area contributed by atoms with Crippen molar-refractivity contribution < 1.29 is 19.1 Å². The van der Waals surface area contributed by atoms with E-state index in [1.54, 1.807) is 0 Å². The molecule has 0 saturated carbocycles. The monoisotopic (exact) mass is 196 g/mol. The zero-order valence-corrected chi connectivity index (χ0v) is 7.88. The molecule has 1 aliphatic heterocycles. The number of esters is 1. The smallest absolute Gasteiger partial charge is 0.311 e. The van der Waals surface area contributed by atoms with Gasteiger partial charge in [-0.1, -0.05) is 0 Å². The SMILES string of the molecule is O=C1CCCOC2=C(CCCC2=O)O1. The zero-order valence-electron chi connectivity index (χ0n) is 7.88. The summed E-state index contributed by atoms with van der Waals surface area (Å²) >= 11 is 0. The molecule has 0 fully saturated rings. The second kappa shape index (κ2) is 3.82. The highest BCUT2D eigenvalue weighted by molar-refractivity contribution is 5.95. The summed E-state index contributed by atoms with van der Waals surface area (Å²) < 4.78 is 10.4. The first kappa shape index (κ1) is 9.24. The van der Waals surface area contributed by atoms with Crippen LogP contribution in [0.1, 0.15) is 32.1 Å². The van der Waals surface area contributed by atoms with Crippen LogP contribution < -0.4 is 0 Å². The topological polar surface area (TPSA) is 52.6 Å². The van der Waals surface area contributed by atoms with Gasteiger partial charge < -0.3 is 9.47 Å². The molecule has 2 rings (SSSR count). The number of carbonyl (C=O) groups excluding carboxylic acids is 2. The Morgan fingerprint density at radius 2 is 1.86 bits per heavy atom. The van der Waals surface area contributed by atoms with Gasteiger partial charge in [-0.25, -0.2) is 0 Å². The first-order valence-electron chi connectivity index (χ1n) is 4.87. The van der Waals surface area contributed by atoms with Crippen molar-refractivity contribution in [1.29, 1.82) is 0 Å². The average molecular weight is 196 g/mol. The van der Waals surface area contributed by atoms with Gasteiger partial charge in [0.2, 0.25) is 11.5 Å². The molecule has 0 aromatic rings. The number of rotatable bonds is 0. The summed E-state index contributed by atoms with van der Waals surface area (Å²) in [7, 11) is 0. The third-order valence-corrected chi connectivity index (χ3v) is 2.32. The van der Waals surface area contributed by atoms with Crippen molar-refractivity contribution in [3.63, 3.8) is 0 Å². The molecule has 76 valence electrons. The Morgan fingerprint density at radius 1 is 1.00 bits per heavy atom. The summed E-state index contributed by atoms with van der Waals surface area (Å²) in [6.45, 7) is 0.430. The van der Waals surface area contributed by atoms with Gasteiger partial charge in [-0.3, -0.25) is 9.59 Å². The van der Waals surface area contributed by atoms with Gasteiger partial charge in [0.25, 0.3) is 0 Å². The number of ether oxygens (including phenoxy) is 2. The molecule has 1 heterocycles. The maximum absolute atomic E-state index is 11.4. The third-order valence-electron chi connectivity index (χ3n) is 2.32. The van der Waals surface area contributed by atoms with Gasteiger partial charge in [-0.2, -0.15) is 0 Å². The maximum atomic E-state index is 11.4. The summed E-state index contributed by atoms with van der Waals surface area (Å²) in [6, 6.07) is 0. The van der Waals surface area contributed by atoms with Crippen molar-refractivity contribution in [3.8, 4) is 0 Å². The highest BCUT2D eigenvalue weighted by atomic mass is 16.6.